The predicted octanol–water partition coefficient (Wildman–Crippen LogP) is 3.92. The first kappa shape index (κ1) is 17.3. The summed E-state index contributed by atoms with van der Waals surface area (Å²) in [5, 5.41) is 3.24. The van der Waals surface area contributed by atoms with Gasteiger partial charge in [-0.2, -0.15) is 0 Å². The number of pyridine rings is 1. The molecule has 0 bridgehead atoms. The maximum absolute atomic E-state index is 12.2. The van der Waals surface area contributed by atoms with Crippen molar-refractivity contribution in [3.8, 4) is 17.6 Å². The fourth-order valence-corrected chi connectivity index (χ4v) is 3.05. The Morgan fingerprint density at radius 1 is 1.44 bits per heavy atom. The van der Waals surface area contributed by atoms with Crippen molar-refractivity contribution in [3.63, 3.8) is 0 Å². The quantitative estimate of drug-likeness (QED) is 0.665. The molecule has 3 rings (SSSR count). The molecule has 0 unspecified atom stereocenters. The van der Waals surface area contributed by atoms with Gasteiger partial charge in [-0.05, 0) is 39.0 Å². The van der Waals surface area contributed by atoms with E-state index in [0.29, 0.717) is 23.7 Å². The summed E-state index contributed by atoms with van der Waals surface area (Å²) < 4.78 is 11.0. The molecular formula is C19H20N2O3S. The number of fused-ring (bicyclic) bond motifs is 1. The molecule has 1 N–H and O–H groups in total. The third-order valence-corrected chi connectivity index (χ3v) is 4.36. The molecule has 6 heteroatoms. The van der Waals surface area contributed by atoms with Gasteiger partial charge in [0.05, 0.1) is 23.4 Å². The molecule has 1 atom stereocenters. The molecule has 2 aromatic heterocycles. The fourth-order valence-electron chi connectivity index (χ4n) is 2.19. The average molecular weight is 356 g/mol. The lowest BCUT2D eigenvalue weighted by Gasteiger charge is -2.24. The van der Waals surface area contributed by atoms with Crippen LogP contribution in [0.3, 0.4) is 0 Å². The molecule has 0 spiro atoms. The smallest absolute Gasteiger partial charge is 0.352 e. The number of esters is 1. The Kier molecular flexibility index (Phi) is 4.95. The largest absolute Gasteiger partial charge is 0.492 e. The van der Waals surface area contributed by atoms with Crippen molar-refractivity contribution in [2.75, 3.05) is 11.9 Å². The van der Waals surface area contributed by atoms with Crippen LogP contribution in [-0.4, -0.2) is 23.8 Å². The van der Waals surface area contributed by atoms with Crippen LogP contribution in [0.4, 0.5) is 5.69 Å². The number of aromatic nitrogens is 1. The van der Waals surface area contributed by atoms with Crippen molar-refractivity contribution in [3.05, 3.63) is 40.3 Å². The van der Waals surface area contributed by atoms with Crippen LogP contribution in [0.1, 0.15) is 41.7 Å². The molecule has 0 saturated carbocycles. The van der Waals surface area contributed by atoms with Gasteiger partial charge in [0.2, 0.25) is 0 Å². The molecule has 0 aromatic carbocycles. The molecule has 1 aliphatic heterocycles. The molecule has 0 radical (unpaired) electrons. The fraction of sp³-hybridized carbons (Fsp3) is 0.368. The van der Waals surface area contributed by atoms with Crippen molar-refractivity contribution in [1.29, 1.82) is 0 Å². The zero-order valence-electron chi connectivity index (χ0n) is 14.5. The molecule has 130 valence electrons. The summed E-state index contributed by atoms with van der Waals surface area (Å²) >= 11 is 1.36. The Labute approximate surface area is 151 Å². The summed E-state index contributed by atoms with van der Waals surface area (Å²) in [6.45, 7) is 6.59. The summed E-state index contributed by atoms with van der Waals surface area (Å²) in [6.07, 6.45) is 3.47. The monoisotopic (exact) mass is 356 g/mol. The number of nitrogens with one attached hydrogen (secondary N) is 1. The maximum atomic E-state index is 12.2. The third-order valence-electron chi connectivity index (χ3n) is 3.33. The summed E-state index contributed by atoms with van der Waals surface area (Å²) in [5.74, 6) is 6.70. The highest BCUT2D eigenvalue weighted by atomic mass is 32.1. The number of ether oxygens (including phenoxy) is 2. The molecule has 0 aliphatic carbocycles. The van der Waals surface area contributed by atoms with E-state index in [0.717, 1.165) is 10.6 Å². The number of carbonyl (C=O) groups excluding carboxylic acids is 1. The first-order valence-electron chi connectivity index (χ1n) is 8.08. The van der Waals surface area contributed by atoms with Gasteiger partial charge in [0.15, 0.2) is 6.23 Å². The molecule has 0 saturated heterocycles. The Bertz CT molecular complexity index is 813. The summed E-state index contributed by atoms with van der Waals surface area (Å²) in [6, 6.07) is 5.56. The van der Waals surface area contributed by atoms with E-state index >= 15 is 0 Å². The summed E-state index contributed by atoms with van der Waals surface area (Å²) in [5.41, 5.74) is 0.704. The van der Waals surface area contributed by atoms with Crippen LogP contribution in [-0.2, 0) is 4.74 Å². The van der Waals surface area contributed by atoms with Crippen molar-refractivity contribution in [2.24, 2.45) is 5.41 Å². The molecule has 0 fully saturated rings. The van der Waals surface area contributed by atoms with Gasteiger partial charge in [0.1, 0.15) is 10.6 Å². The zero-order chi connectivity index (χ0) is 17.9. The number of cyclic esters (lactones) is 1. The van der Waals surface area contributed by atoms with Gasteiger partial charge in [-0.15, -0.1) is 11.3 Å². The SMILES string of the molecule is CC(C)(C)C#Cc1cc2c(s1)C(=O)O[C@@H](CCOc1cccnc1)N2. The number of nitrogens with zero attached hydrogens (tertiary/aromatic N) is 1. The van der Waals surface area contributed by atoms with E-state index in [4.69, 9.17) is 9.47 Å². The second-order valence-corrected chi connectivity index (χ2v) is 7.77. The van der Waals surface area contributed by atoms with Crippen LogP contribution in [0.15, 0.2) is 30.6 Å². The first-order valence-corrected chi connectivity index (χ1v) is 8.90. The lowest BCUT2D eigenvalue weighted by atomic mass is 9.98. The zero-order valence-corrected chi connectivity index (χ0v) is 15.3. The number of thiophene rings is 1. The number of rotatable bonds is 4. The van der Waals surface area contributed by atoms with E-state index in [-0.39, 0.29) is 11.4 Å². The highest BCUT2D eigenvalue weighted by Crippen LogP contribution is 2.32. The summed E-state index contributed by atoms with van der Waals surface area (Å²) in [7, 11) is 0. The van der Waals surface area contributed by atoms with E-state index in [9.17, 15) is 4.79 Å². The lowest BCUT2D eigenvalue weighted by Crippen LogP contribution is -2.32. The van der Waals surface area contributed by atoms with Crippen LogP contribution in [0.2, 0.25) is 0 Å². The van der Waals surface area contributed by atoms with E-state index < -0.39 is 6.23 Å². The van der Waals surface area contributed by atoms with E-state index in [1.165, 1.54) is 11.3 Å². The number of hydrogen-bond acceptors (Lipinski definition) is 6. The molecular weight excluding hydrogens is 336 g/mol. The topological polar surface area (TPSA) is 60.5 Å². The lowest BCUT2D eigenvalue weighted by molar-refractivity contribution is 0.0298. The van der Waals surface area contributed by atoms with Crippen molar-refractivity contribution in [2.45, 2.75) is 33.4 Å². The second-order valence-electron chi connectivity index (χ2n) is 6.72. The molecule has 5 nitrogen and oxygen atoms in total. The van der Waals surface area contributed by atoms with E-state index in [1.807, 2.05) is 18.2 Å². The average Bonchev–Trinajstić information content (AvgIpc) is 2.97. The summed E-state index contributed by atoms with van der Waals surface area (Å²) in [4.78, 5) is 17.6. The third kappa shape index (κ3) is 4.74. The molecule has 0 amide bonds. The van der Waals surface area contributed by atoms with Crippen LogP contribution in [0.25, 0.3) is 0 Å². The standard InChI is InChI=1S/C19H20N2O3S/c1-19(2,3)8-6-14-11-15-17(25-14)18(22)24-16(21-15)7-10-23-13-5-4-9-20-12-13/h4-5,9,11-12,16,21H,7,10H2,1-3H3/t16-/m0/s1. The van der Waals surface area contributed by atoms with Gasteiger partial charge in [-0.25, -0.2) is 4.79 Å². The molecule has 3 heterocycles. The van der Waals surface area contributed by atoms with Gasteiger partial charge in [0, 0.05) is 18.0 Å². The Hall–Kier alpha value is -2.52. The molecule has 2 aromatic rings. The van der Waals surface area contributed by atoms with Gasteiger partial charge in [-0.3, -0.25) is 4.98 Å². The van der Waals surface area contributed by atoms with Crippen LogP contribution in [0, 0.1) is 17.3 Å². The predicted molar refractivity (Wildman–Crippen MR) is 97.8 cm³/mol. The van der Waals surface area contributed by atoms with Crippen molar-refractivity contribution in [1.82, 2.24) is 4.98 Å². The van der Waals surface area contributed by atoms with Crippen molar-refractivity contribution < 1.29 is 14.3 Å². The second kappa shape index (κ2) is 7.16. The van der Waals surface area contributed by atoms with Crippen molar-refractivity contribution >= 4 is 23.0 Å². The minimum absolute atomic E-state index is 0.0788. The normalized spacial score (nSPS) is 16.1. The highest BCUT2D eigenvalue weighted by Gasteiger charge is 2.28. The van der Waals surface area contributed by atoms with Gasteiger partial charge < -0.3 is 14.8 Å². The Morgan fingerprint density at radius 2 is 2.28 bits per heavy atom. The van der Waals surface area contributed by atoms with Gasteiger partial charge >= 0.3 is 5.97 Å². The molecule has 1 aliphatic rings. The maximum Gasteiger partial charge on any atom is 0.352 e. The van der Waals surface area contributed by atoms with Crippen LogP contribution in [0.5, 0.6) is 5.75 Å². The van der Waals surface area contributed by atoms with E-state index in [2.05, 4.69) is 42.9 Å². The van der Waals surface area contributed by atoms with Gasteiger partial charge in [0.25, 0.3) is 0 Å². The van der Waals surface area contributed by atoms with Crippen LogP contribution < -0.4 is 10.1 Å². The Balaban J connectivity index is 1.61. The number of carbonyl (C=O) groups is 1. The minimum Gasteiger partial charge on any atom is -0.492 e. The minimum atomic E-state index is -0.408. The number of hydrogen-bond donors (Lipinski definition) is 1. The highest BCUT2D eigenvalue weighted by molar-refractivity contribution is 7.15. The molecule has 25 heavy (non-hydrogen) atoms. The van der Waals surface area contributed by atoms with E-state index in [1.54, 1.807) is 12.4 Å². The van der Waals surface area contributed by atoms with Crippen LogP contribution >= 0.6 is 11.3 Å². The Morgan fingerprint density at radius 3 is 3.00 bits per heavy atom. The van der Waals surface area contributed by atoms with Gasteiger partial charge in [-0.1, -0.05) is 11.8 Å². The first-order chi connectivity index (χ1) is 11.9. The number of anilines is 1.